The smallest absolute Gasteiger partial charge is 0.148 e. The Kier molecular flexibility index (Phi) is 8.30. The molecule has 3 aromatic rings. The second-order valence-corrected chi connectivity index (χ2v) is 12.6. The maximum Gasteiger partial charge on any atom is 0.148 e. The average molecular weight is 566 g/mol. The number of sulfone groups is 1. The highest BCUT2D eigenvalue weighted by molar-refractivity contribution is 7.90. The van der Waals surface area contributed by atoms with E-state index >= 15 is 0 Å². The summed E-state index contributed by atoms with van der Waals surface area (Å²) >= 11 is 1.55. The molecule has 0 fully saturated rings. The molecule has 2 aliphatic rings. The molecule has 5 rings (SSSR count). The van der Waals surface area contributed by atoms with E-state index in [1.807, 2.05) is 47.8 Å². The molecule has 1 unspecified atom stereocenters. The fraction of sp³-hybridized carbons (Fsp3) is 0.250. The summed E-state index contributed by atoms with van der Waals surface area (Å²) in [5.74, 6) is 0.595. The summed E-state index contributed by atoms with van der Waals surface area (Å²) in [6.45, 7) is 1.75. The summed E-state index contributed by atoms with van der Waals surface area (Å²) in [7, 11) is -2.99. The number of nitrogens with zero attached hydrogens (tertiary/aromatic N) is 4. The van der Waals surface area contributed by atoms with Gasteiger partial charge in [0.2, 0.25) is 0 Å². The largest absolute Gasteiger partial charge is 0.489 e. The molecule has 202 valence electrons. The number of benzene rings is 2. The number of aliphatic imine (C=N–C) groups is 2. The highest BCUT2D eigenvalue weighted by Gasteiger charge is 2.24. The number of halogens is 1. The molecule has 0 bridgehead atoms. The first kappa shape index (κ1) is 26.9. The first-order chi connectivity index (χ1) is 18.8. The summed E-state index contributed by atoms with van der Waals surface area (Å²) in [4.78, 5) is 15.9. The van der Waals surface area contributed by atoms with Gasteiger partial charge < -0.3 is 15.0 Å². The maximum absolute atomic E-state index is 13.1. The third-order valence-corrected chi connectivity index (χ3v) is 8.03. The molecule has 2 aromatic carbocycles. The number of nitrogens with one attached hydrogen (secondary N) is 1. The van der Waals surface area contributed by atoms with Crippen molar-refractivity contribution in [3.63, 3.8) is 0 Å². The van der Waals surface area contributed by atoms with Crippen LogP contribution >= 0.6 is 11.3 Å². The predicted molar refractivity (Wildman–Crippen MR) is 154 cm³/mol. The Morgan fingerprint density at radius 3 is 2.74 bits per heavy atom. The average Bonchev–Trinajstić information content (AvgIpc) is 3.40. The van der Waals surface area contributed by atoms with Gasteiger partial charge in [-0.2, -0.15) is 0 Å². The van der Waals surface area contributed by atoms with Crippen LogP contribution in [0.3, 0.4) is 0 Å². The van der Waals surface area contributed by atoms with Crippen molar-refractivity contribution in [3.8, 4) is 5.75 Å². The highest BCUT2D eigenvalue weighted by Crippen LogP contribution is 2.31. The highest BCUT2D eigenvalue weighted by atomic mass is 32.2. The number of fused-ring (bicyclic) bond motifs is 1. The van der Waals surface area contributed by atoms with Gasteiger partial charge in [-0.15, -0.1) is 0 Å². The summed E-state index contributed by atoms with van der Waals surface area (Å²) in [5.41, 5.74) is 3.66. The number of thiazole rings is 1. The van der Waals surface area contributed by atoms with E-state index in [4.69, 9.17) is 9.73 Å². The first-order valence-electron chi connectivity index (χ1n) is 12.4. The predicted octanol–water partition coefficient (Wildman–Crippen LogP) is 4.69. The van der Waals surface area contributed by atoms with E-state index in [0.29, 0.717) is 32.0 Å². The molecule has 39 heavy (non-hydrogen) atoms. The van der Waals surface area contributed by atoms with Gasteiger partial charge in [-0.05, 0) is 42.0 Å². The molecule has 1 N–H and O–H groups in total. The molecular weight excluding hydrogens is 537 g/mol. The molecule has 0 amide bonds. The Balaban J connectivity index is 1.24. The Hall–Kier alpha value is -3.67. The zero-order valence-corrected chi connectivity index (χ0v) is 23.0. The SMILES string of the molecule is CS(=O)(=O)CCNCc1ncc(N2C=CC3C=NCC(=Nc4ccc(OCc5ccc(F)cc5)cc4)C3=C2)s1. The molecule has 2 aliphatic heterocycles. The number of allylic oxidation sites excluding steroid dienone is 1. The Morgan fingerprint density at radius 1 is 1.18 bits per heavy atom. The van der Waals surface area contributed by atoms with E-state index in [-0.39, 0.29) is 17.5 Å². The van der Waals surface area contributed by atoms with Gasteiger partial charge in [-0.25, -0.2) is 17.8 Å². The molecule has 0 spiro atoms. The van der Waals surface area contributed by atoms with E-state index in [1.54, 1.807) is 23.5 Å². The second kappa shape index (κ2) is 12.0. The van der Waals surface area contributed by atoms with E-state index in [1.165, 1.54) is 18.4 Å². The third-order valence-electron chi connectivity index (χ3n) is 6.07. The van der Waals surface area contributed by atoms with Crippen LogP contribution in [0.15, 0.2) is 88.8 Å². The Bertz CT molecular complexity index is 1530. The van der Waals surface area contributed by atoms with E-state index in [9.17, 15) is 12.8 Å². The van der Waals surface area contributed by atoms with Gasteiger partial charge in [0.15, 0.2) is 0 Å². The molecule has 0 radical (unpaired) electrons. The van der Waals surface area contributed by atoms with Crippen molar-refractivity contribution < 1.29 is 17.5 Å². The molecule has 0 aliphatic carbocycles. The fourth-order valence-corrected chi connectivity index (χ4v) is 5.38. The Labute approximate surface area is 231 Å². The molecule has 0 saturated heterocycles. The number of ether oxygens (including phenoxy) is 1. The first-order valence-corrected chi connectivity index (χ1v) is 15.3. The van der Waals surface area contributed by atoms with Crippen LogP contribution in [0.4, 0.5) is 15.1 Å². The van der Waals surface area contributed by atoms with E-state index in [0.717, 1.165) is 32.5 Å². The van der Waals surface area contributed by atoms with Crippen LogP contribution in [0.5, 0.6) is 5.75 Å². The van der Waals surface area contributed by atoms with Crippen molar-refractivity contribution in [1.82, 2.24) is 10.3 Å². The lowest BCUT2D eigenvalue weighted by Crippen LogP contribution is -2.27. The lowest BCUT2D eigenvalue weighted by molar-refractivity contribution is 0.306. The zero-order valence-electron chi connectivity index (χ0n) is 21.3. The van der Waals surface area contributed by atoms with Gasteiger partial charge in [-0.3, -0.25) is 9.98 Å². The van der Waals surface area contributed by atoms with Crippen molar-refractivity contribution in [2.75, 3.05) is 30.0 Å². The minimum absolute atomic E-state index is 0.0529. The lowest BCUT2D eigenvalue weighted by Gasteiger charge is -2.27. The van der Waals surface area contributed by atoms with Gasteiger partial charge >= 0.3 is 0 Å². The van der Waals surface area contributed by atoms with Crippen LogP contribution in [0.2, 0.25) is 0 Å². The minimum Gasteiger partial charge on any atom is -0.489 e. The van der Waals surface area contributed by atoms with E-state index < -0.39 is 9.84 Å². The van der Waals surface area contributed by atoms with Crippen molar-refractivity contribution >= 4 is 43.8 Å². The molecule has 11 heteroatoms. The van der Waals surface area contributed by atoms with Gasteiger partial charge in [0.05, 0.1) is 29.9 Å². The quantitative estimate of drug-likeness (QED) is 0.359. The Morgan fingerprint density at radius 2 is 1.97 bits per heavy atom. The molecule has 0 saturated carbocycles. The molecule has 8 nitrogen and oxygen atoms in total. The van der Waals surface area contributed by atoms with Crippen molar-refractivity contribution in [2.24, 2.45) is 15.9 Å². The fourth-order valence-electron chi connectivity index (χ4n) is 4.02. The van der Waals surface area contributed by atoms with Gasteiger partial charge in [0.1, 0.15) is 38.0 Å². The van der Waals surface area contributed by atoms with Gasteiger partial charge in [0, 0.05) is 49.5 Å². The summed E-state index contributed by atoms with van der Waals surface area (Å²) in [6.07, 6.45) is 11.2. The minimum atomic E-state index is -2.99. The van der Waals surface area contributed by atoms with Crippen LogP contribution in [0, 0.1) is 11.7 Å². The van der Waals surface area contributed by atoms with Crippen LogP contribution in [-0.2, 0) is 23.0 Å². The number of aromatic nitrogens is 1. The number of anilines is 1. The maximum atomic E-state index is 13.1. The summed E-state index contributed by atoms with van der Waals surface area (Å²) in [5, 5.41) is 4.98. The van der Waals surface area contributed by atoms with Crippen LogP contribution < -0.4 is 15.0 Å². The summed E-state index contributed by atoms with van der Waals surface area (Å²) < 4.78 is 41.5. The third kappa shape index (κ3) is 7.47. The summed E-state index contributed by atoms with van der Waals surface area (Å²) in [6, 6.07) is 13.8. The zero-order chi connectivity index (χ0) is 27.2. The normalized spacial score (nSPS) is 17.8. The van der Waals surface area contributed by atoms with Crippen molar-refractivity contribution in [3.05, 3.63) is 95.2 Å². The molecule has 1 aromatic heterocycles. The van der Waals surface area contributed by atoms with Gasteiger partial charge in [-0.1, -0.05) is 29.5 Å². The monoisotopic (exact) mass is 565 g/mol. The topological polar surface area (TPSA) is 96.2 Å². The molecule has 1 atom stereocenters. The van der Waals surface area contributed by atoms with Crippen LogP contribution in [0.25, 0.3) is 0 Å². The van der Waals surface area contributed by atoms with Crippen LogP contribution in [-0.4, -0.2) is 50.4 Å². The van der Waals surface area contributed by atoms with Crippen LogP contribution in [0.1, 0.15) is 10.6 Å². The second-order valence-electron chi connectivity index (χ2n) is 9.22. The molecular formula is C28H28FN5O3S2. The van der Waals surface area contributed by atoms with Gasteiger partial charge in [0.25, 0.3) is 0 Å². The molecule has 3 heterocycles. The van der Waals surface area contributed by atoms with Crippen molar-refractivity contribution in [1.29, 1.82) is 0 Å². The number of rotatable bonds is 10. The lowest BCUT2D eigenvalue weighted by atomic mass is 9.92. The van der Waals surface area contributed by atoms with E-state index in [2.05, 4.69) is 27.6 Å². The van der Waals surface area contributed by atoms with Crippen molar-refractivity contribution in [2.45, 2.75) is 13.2 Å². The standard InChI is InChI=1S/C28H28FN5O3S2/c1-39(35,36)13-11-30-16-27-32-17-28(38-27)34-12-10-21-14-31-15-26(25(21)18-34)33-23-6-8-24(9-7-23)37-19-20-2-4-22(29)5-3-20/h2-10,12,14,17-18,21,30H,11,13,15-16,19H2,1H3. The number of hydrogen-bond acceptors (Lipinski definition) is 9. The number of hydrogen-bond donors (Lipinski definition) is 1.